The van der Waals surface area contributed by atoms with Gasteiger partial charge in [-0.1, -0.05) is 34.8 Å². The lowest BCUT2D eigenvalue weighted by Crippen LogP contribution is -2.28. The predicted octanol–water partition coefficient (Wildman–Crippen LogP) is 6.71. The van der Waals surface area contributed by atoms with Gasteiger partial charge in [0.05, 0.1) is 46.2 Å². The number of fused-ring (bicyclic) bond motifs is 2. The van der Waals surface area contributed by atoms with Crippen molar-refractivity contribution in [1.82, 2.24) is 49.9 Å². The van der Waals surface area contributed by atoms with Crippen molar-refractivity contribution in [1.29, 1.82) is 0 Å². The molecule has 6 heterocycles. The Morgan fingerprint density at radius 1 is 0.656 bits per heavy atom. The second kappa shape index (κ2) is 16.1. The summed E-state index contributed by atoms with van der Waals surface area (Å²) in [5, 5.41) is 29.3. The van der Waals surface area contributed by atoms with Crippen LogP contribution in [0.4, 0.5) is 20.2 Å². The maximum atomic E-state index is 15.4. The molecular weight excluding hydrogens is 857 g/mol. The number of pyridine rings is 2. The Labute approximate surface area is 356 Å². The highest BCUT2D eigenvalue weighted by molar-refractivity contribution is 6.31. The second-order valence-corrected chi connectivity index (χ2v) is 14.8. The van der Waals surface area contributed by atoms with E-state index in [9.17, 15) is 19.2 Å². The van der Waals surface area contributed by atoms with Crippen molar-refractivity contribution in [3.05, 3.63) is 160 Å². The van der Waals surface area contributed by atoms with Gasteiger partial charge in [0.25, 0.3) is 11.8 Å². The van der Waals surface area contributed by atoms with E-state index in [4.69, 9.17) is 34.8 Å². The average molecular weight is 882 g/mol. The van der Waals surface area contributed by atoms with Crippen LogP contribution >= 0.6 is 34.8 Å². The van der Waals surface area contributed by atoms with Crippen molar-refractivity contribution < 1.29 is 18.4 Å². The lowest BCUT2D eigenvalue weighted by Gasteiger charge is -2.15. The Kier molecular flexibility index (Phi) is 10.7. The summed E-state index contributed by atoms with van der Waals surface area (Å²) in [7, 11) is 0. The highest BCUT2D eigenvalue weighted by Gasteiger charge is 2.24. The number of hydrogen-bond donors (Lipinski definition) is 2. The van der Waals surface area contributed by atoms with Crippen LogP contribution in [0, 0.1) is 32.4 Å². The molecule has 2 amide bonds. The van der Waals surface area contributed by atoms with E-state index in [1.165, 1.54) is 48.8 Å². The smallest absolute Gasteiger partial charge is 0.280 e. The minimum Gasteiger partial charge on any atom is -0.319 e. The molecule has 0 aliphatic rings. The Bertz CT molecular complexity index is 3290. The molecule has 61 heavy (non-hydrogen) atoms. The van der Waals surface area contributed by atoms with Gasteiger partial charge < -0.3 is 10.6 Å². The molecule has 0 atom stereocenters. The van der Waals surface area contributed by atoms with Crippen LogP contribution in [0.2, 0.25) is 15.2 Å². The van der Waals surface area contributed by atoms with Crippen LogP contribution in [0.1, 0.15) is 49.2 Å². The lowest BCUT2D eigenvalue weighted by atomic mass is 10.1. The van der Waals surface area contributed by atoms with Crippen LogP contribution in [-0.4, -0.2) is 61.7 Å². The number of halogens is 5. The largest absolute Gasteiger partial charge is 0.319 e. The second-order valence-electron chi connectivity index (χ2n) is 13.5. The van der Waals surface area contributed by atoms with Crippen LogP contribution in [0.5, 0.6) is 0 Å². The fraction of sp³-hybridized carbons (Fsp3) is 0.100. The molecule has 8 aromatic rings. The van der Waals surface area contributed by atoms with Gasteiger partial charge in [0.2, 0.25) is 10.9 Å². The van der Waals surface area contributed by atoms with Gasteiger partial charge in [0.15, 0.2) is 16.5 Å². The van der Waals surface area contributed by atoms with E-state index in [1.807, 2.05) is 0 Å². The molecule has 8 rings (SSSR count). The van der Waals surface area contributed by atoms with Crippen molar-refractivity contribution in [2.45, 2.75) is 27.2 Å². The molecule has 0 bridgehead atoms. The van der Waals surface area contributed by atoms with E-state index in [1.54, 1.807) is 32.9 Å². The third-order valence-corrected chi connectivity index (χ3v) is 10.0. The van der Waals surface area contributed by atoms with Crippen LogP contribution < -0.4 is 21.5 Å². The Morgan fingerprint density at radius 2 is 1.16 bits per heavy atom. The number of nitrogens with zero attached hydrogens (tertiary/aromatic N) is 10. The van der Waals surface area contributed by atoms with E-state index in [2.05, 4.69) is 51.2 Å². The highest BCUT2D eigenvalue weighted by Crippen LogP contribution is 2.25. The minimum atomic E-state index is -0.968. The third-order valence-electron chi connectivity index (χ3n) is 9.36. The first-order valence-electron chi connectivity index (χ1n) is 17.8. The summed E-state index contributed by atoms with van der Waals surface area (Å²) in [4.78, 5) is 63.9. The van der Waals surface area contributed by atoms with Crippen LogP contribution in [-0.2, 0) is 6.42 Å². The maximum Gasteiger partial charge on any atom is 0.280 e. The van der Waals surface area contributed by atoms with Gasteiger partial charge in [-0.15, -0.1) is 5.10 Å². The zero-order valence-corrected chi connectivity index (χ0v) is 33.9. The van der Waals surface area contributed by atoms with E-state index in [0.717, 1.165) is 21.5 Å². The van der Waals surface area contributed by atoms with Crippen LogP contribution in [0.25, 0.3) is 33.4 Å². The van der Waals surface area contributed by atoms with Gasteiger partial charge in [-0.2, -0.15) is 25.5 Å². The molecule has 304 valence electrons. The summed E-state index contributed by atoms with van der Waals surface area (Å²) in [6.07, 6.45) is 2.38. The summed E-state index contributed by atoms with van der Waals surface area (Å²) in [6, 6.07) is 13.6. The Balaban J connectivity index is 1.16. The number of aryl methyl sites for hydroxylation is 3. The number of benzene rings is 2. The van der Waals surface area contributed by atoms with Crippen LogP contribution in [0.3, 0.4) is 0 Å². The van der Waals surface area contributed by atoms with E-state index >= 15 is 8.78 Å². The van der Waals surface area contributed by atoms with Crippen molar-refractivity contribution >= 4 is 80.1 Å². The Morgan fingerprint density at radius 3 is 1.70 bits per heavy atom. The molecule has 21 heteroatoms. The lowest BCUT2D eigenvalue weighted by molar-refractivity contribution is 0.101. The molecule has 2 N–H and O–H groups in total. The molecule has 0 unspecified atom stereocenters. The number of carbonyl (C=O) groups excluding carboxylic acids is 2. The van der Waals surface area contributed by atoms with Crippen molar-refractivity contribution in [2.75, 3.05) is 10.6 Å². The van der Waals surface area contributed by atoms with Gasteiger partial charge in [0.1, 0.15) is 34.0 Å². The number of aromatic nitrogens is 10. The number of hydrogen-bond acceptors (Lipinski definition) is 12. The molecule has 0 radical (unpaired) electrons. The van der Waals surface area contributed by atoms with E-state index in [-0.39, 0.29) is 72.1 Å². The molecule has 0 saturated heterocycles. The number of amides is 2. The molecule has 6 aromatic heterocycles. The number of anilines is 2. The summed E-state index contributed by atoms with van der Waals surface area (Å²) in [6.45, 7) is 5.15. The topological polar surface area (TPSA) is 205 Å². The van der Waals surface area contributed by atoms with Crippen molar-refractivity contribution in [3.8, 4) is 11.4 Å². The molecule has 2 aromatic carbocycles. The normalized spacial score (nSPS) is 11.3. The monoisotopic (exact) mass is 880 g/mol. The minimum absolute atomic E-state index is 0.0274. The SMILES string of the molecule is Cc1cc2c(nc1C)c(=O)c(C(=O)Nc1cnnc(Cc3nc4c(=O)c(C(=O)Nc5cnnc(Cl)c5)nn(-c5ccc(Cl)cc5F)c4cc3C)c1)nn2-c1ccc(Cl)cc1F. The molecule has 0 fully saturated rings. The quantitative estimate of drug-likeness (QED) is 0.163. The summed E-state index contributed by atoms with van der Waals surface area (Å²) >= 11 is 17.9. The van der Waals surface area contributed by atoms with Crippen molar-refractivity contribution in [3.63, 3.8) is 0 Å². The van der Waals surface area contributed by atoms with Gasteiger partial charge in [-0.25, -0.2) is 28.1 Å². The molecule has 0 aliphatic heterocycles. The zero-order valence-electron chi connectivity index (χ0n) is 31.6. The fourth-order valence-electron chi connectivity index (χ4n) is 6.28. The van der Waals surface area contributed by atoms with Gasteiger partial charge in [-0.05, 0) is 86.5 Å². The molecule has 0 spiro atoms. The van der Waals surface area contributed by atoms with Crippen molar-refractivity contribution in [2.24, 2.45) is 0 Å². The third kappa shape index (κ3) is 7.98. The average Bonchev–Trinajstić information content (AvgIpc) is 3.20. The van der Waals surface area contributed by atoms with Crippen LogP contribution in [0.15, 0.2) is 82.6 Å². The van der Waals surface area contributed by atoms with Gasteiger partial charge in [0, 0.05) is 28.2 Å². The molecule has 0 aliphatic carbocycles. The van der Waals surface area contributed by atoms with Gasteiger partial charge >= 0.3 is 0 Å². The zero-order chi connectivity index (χ0) is 43.3. The first kappa shape index (κ1) is 40.6. The molecular formula is C40H25Cl3F2N12O4. The Hall–Kier alpha value is -7.15. The predicted molar refractivity (Wildman–Crippen MR) is 222 cm³/mol. The van der Waals surface area contributed by atoms with E-state index in [0.29, 0.717) is 22.5 Å². The first-order valence-corrected chi connectivity index (χ1v) is 19.0. The molecule has 16 nitrogen and oxygen atoms in total. The highest BCUT2D eigenvalue weighted by atomic mass is 35.5. The number of nitrogens with one attached hydrogen (secondary N) is 2. The van der Waals surface area contributed by atoms with E-state index < -0.39 is 45.7 Å². The van der Waals surface area contributed by atoms with Gasteiger partial charge in [-0.3, -0.25) is 19.2 Å². The fourth-order valence-corrected chi connectivity index (χ4v) is 6.76. The number of rotatable bonds is 8. The standard InChI is InChI=1S/C40H25Cl3F2N12O4/c1-17-8-30-33(48-19(17)3)37(58)35(54-56(30)28-6-4-20(41)10-25(28)44)39(60)49-23-12-22(52-46-15-23)13-27-18(2)9-31-34(51-27)38(59)36(40(61)50-24-14-32(43)53-47-16-24)55-57(31)29-7-5-21(42)11-26(29)45/h4-12,14-16H,13H2,1-3H3,(H,49,52,60)(H,50,53,61). The summed E-state index contributed by atoms with van der Waals surface area (Å²) in [5.41, 5.74) is -0.747. The maximum absolute atomic E-state index is 15.4. The first-order chi connectivity index (χ1) is 29.1. The summed E-state index contributed by atoms with van der Waals surface area (Å²) in [5.74, 6) is -3.47. The number of carbonyl (C=O) groups is 2. The molecule has 0 saturated carbocycles. The summed E-state index contributed by atoms with van der Waals surface area (Å²) < 4.78 is 32.8.